The van der Waals surface area contributed by atoms with Crippen LogP contribution in [0.4, 0.5) is 0 Å². The quantitative estimate of drug-likeness (QED) is 0.761. The van der Waals surface area contributed by atoms with Crippen molar-refractivity contribution in [3.63, 3.8) is 0 Å². The lowest BCUT2D eigenvalue weighted by molar-refractivity contribution is 0.195. The van der Waals surface area contributed by atoms with Crippen molar-refractivity contribution in [2.75, 3.05) is 6.61 Å². The molecule has 0 fully saturated rings. The fourth-order valence-electron chi connectivity index (χ4n) is 2.98. The number of benzene rings is 2. The molecule has 2 N–H and O–H groups in total. The van der Waals surface area contributed by atoms with Crippen LogP contribution in [0.15, 0.2) is 30.3 Å². The number of ether oxygens (including phenoxy) is 1. The number of rotatable bonds is 4. The van der Waals surface area contributed by atoms with Crippen molar-refractivity contribution < 1.29 is 9.84 Å². The number of hydrogen-bond acceptors (Lipinski definition) is 2. The Bertz CT molecular complexity index is 787. The lowest BCUT2D eigenvalue weighted by Gasteiger charge is -2.14. The van der Waals surface area contributed by atoms with E-state index in [1.807, 2.05) is 26.0 Å². The molecule has 2 aromatic carbocycles. The third kappa shape index (κ3) is 2.38. The second kappa shape index (κ2) is 5.41. The Morgan fingerprint density at radius 2 is 2.00 bits per heavy atom. The number of aliphatic hydroxyl groups excluding tert-OH is 1. The summed E-state index contributed by atoms with van der Waals surface area (Å²) in [5.74, 6) is 0.908. The van der Waals surface area contributed by atoms with Crippen LogP contribution >= 0.6 is 0 Å². The summed E-state index contributed by atoms with van der Waals surface area (Å²) in [4.78, 5) is 3.50. The van der Waals surface area contributed by atoms with E-state index in [-0.39, 0.29) is 6.10 Å². The molecule has 1 aromatic heterocycles. The highest BCUT2D eigenvalue weighted by Crippen LogP contribution is 2.35. The van der Waals surface area contributed by atoms with E-state index >= 15 is 0 Å². The number of nitrogens with one attached hydrogen (secondary N) is 1. The fourth-order valence-corrected chi connectivity index (χ4v) is 2.98. The second-order valence-electron chi connectivity index (χ2n) is 5.56. The van der Waals surface area contributed by atoms with Gasteiger partial charge in [0.15, 0.2) is 0 Å². The molecule has 3 rings (SSSR count). The molecule has 3 nitrogen and oxygen atoms in total. The van der Waals surface area contributed by atoms with Crippen molar-refractivity contribution in [3.8, 4) is 5.75 Å². The molecule has 0 spiro atoms. The first-order chi connectivity index (χ1) is 10.1. The van der Waals surface area contributed by atoms with Gasteiger partial charge in [-0.2, -0.15) is 0 Å². The van der Waals surface area contributed by atoms with E-state index in [4.69, 9.17) is 4.74 Å². The van der Waals surface area contributed by atoms with Gasteiger partial charge in [-0.1, -0.05) is 18.2 Å². The monoisotopic (exact) mass is 283 g/mol. The standard InChI is InChI=1S/C18H21NO2/c1-4-21-17-10-15-13-7-5-6-8-16(13)19-18(15)14(12(17)3)9-11(2)20/h5-8,10-11,19-20H,4,9H2,1-3H3/t11-/m1/s1. The summed E-state index contributed by atoms with van der Waals surface area (Å²) in [6, 6.07) is 10.4. The summed E-state index contributed by atoms with van der Waals surface area (Å²) in [6.07, 6.45) is 0.242. The van der Waals surface area contributed by atoms with Gasteiger partial charge >= 0.3 is 0 Å². The second-order valence-corrected chi connectivity index (χ2v) is 5.56. The van der Waals surface area contributed by atoms with Crippen LogP contribution in [0.5, 0.6) is 5.75 Å². The van der Waals surface area contributed by atoms with Crippen molar-refractivity contribution >= 4 is 21.8 Å². The number of fused-ring (bicyclic) bond motifs is 3. The van der Waals surface area contributed by atoms with E-state index in [1.165, 1.54) is 5.39 Å². The lowest BCUT2D eigenvalue weighted by atomic mass is 9.98. The van der Waals surface area contributed by atoms with Crippen molar-refractivity contribution in [2.45, 2.75) is 33.3 Å². The van der Waals surface area contributed by atoms with E-state index in [9.17, 15) is 5.11 Å². The summed E-state index contributed by atoms with van der Waals surface area (Å²) in [5.41, 5.74) is 4.48. The summed E-state index contributed by atoms with van der Waals surface area (Å²) in [6.45, 7) is 6.52. The maximum atomic E-state index is 9.83. The summed E-state index contributed by atoms with van der Waals surface area (Å²) >= 11 is 0. The van der Waals surface area contributed by atoms with Crippen LogP contribution in [0.3, 0.4) is 0 Å². The molecule has 1 atom stereocenters. The first-order valence-electron chi connectivity index (χ1n) is 7.45. The van der Waals surface area contributed by atoms with Gasteiger partial charge in [0, 0.05) is 22.7 Å². The normalized spacial score (nSPS) is 13.0. The Balaban J connectivity index is 2.36. The Morgan fingerprint density at radius 3 is 2.71 bits per heavy atom. The summed E-state index contributed by atoms with van der Waals surface area (Å²) in [5, 5.41) is 12.2. The number of aromatic nitrogens is 1. The predicted molar refractivity (Wildman–Crippen MR) is 87.1 cm³/mol. The van der Waals surface area contributed by atoms with Gasteiger partial charge in [0.1, 0.15) is 5.75 Å². The van der Waals surface area contributed by atoms with Crippen LogP contribution in [0.25, 0.3) is 21.8 Å². The smallest absolute Gasteiger partial charge is 0.123 e. The molecule has 0 saturated heterocycles. The largest absolute Gasteiger partial charge is 0.494 e. The van der Waals surface area contributed by atoms with Gasteiger partial charge in [-0.05, 0) is 44.0 Å². The molecule has 0 saturated carbocycles. The molecule has 3 heteroatoms. The lowest BCUT2D eigenvalue weighted by Crippen LogP contribution is -2.07. The molecule has 110 valence electrons. The van der Waals surface area contributed by atoms with E-state index < -0.39 is 0 Å². The van der Waals surface area contributed by atoms with Gasteiger partial charge in [-0.15, -0.1) is 0 Å². The zero-order chi connectivity index (χ0) is 15.0. The number of aliphatic hydroxyl groups is 1. The molecular weight excluding hydrogens is 262 g/mol. The number of para-hydroxylation sites is 1. The topological polar surface area (TPSA) is 45.2 Å². The molecule has 3 aromatic rings. The van der Waals surface area contributed by atoms with Crippen molar-refractivity contribution in [3.05, 3.63) is 41.5 Å². The van der Waals surface area contributed by atoms with Crippen LogP contribution in [-0.4, -0.2) is 22.8 Å². The fraction of sp³-hybridized carbons (Fsp3) is 0.333. The van der Waals surface area contributed by atoms with E-state index in [0.717, 1.165) is 33.3 Å². The minimum Gasteiger partial charge on any atom is -0.494 e. The highest BCUT2D eigenvalue weighted by molar-refractivity contribution is 6.09. The molecule has 0 aliphatic carbocycles. The minimum atomic E-state index is -0.379. The molecular formula is C18H21NO2. The molecule has 0 unspecified atom stereocenters. The maximum absolute atomic E-state index is 9.83. The Morgan fingerprint density at radius 1 is 1.24 bits per heavy atom. The Labute approximate surface area is 124 Å². The number of aromatic amines is 1. The van der Waals surface area contributed by atoms with E-state index in [0.29, 0.717) is 13.0 Å². The Kier molecular flexibility index (Phi) is 3.60. The average Bonchev–Trinajstić information content (AvgIpc) is 2.82. The van der Waals surface area contributed by atoms with Gasteiger partial charge in [0.25, 0.3) is 0 Å². The average molecular weight is 283 g/mol. The molecule has 0 aliphatic rings. The van der Waals surface area contributed by atoms with Crippen LogP contribution in [-0.2, 0) is 6.42 Å². The summed E-state index contributed by atoms with van der Waals surface area (Å²) in [7, 11) is 0. The zero-order valence-corrected chi connectivity index (χ0v) is 12.7. The molecule has 21 heavy (non-hydrogen) atoms. The summed E-state index contributed by atoms with van der Waals surface area (Å²) < 4.78 is 5.79. The van der Waals surface area contributed by atoms with Crippen LogP contribution in [0.1, 0.15) is 25.0 Å². The molecule has 1 heterocycles. The van der Waals surface area contributed by atoms with E-state index in [1.54, 1.807) is 0 Å². The molecule has 0 amide bonds. The highest BCUT2D eigenvalue weighted by Gasteiger charge is 2.16. The third-order valence-corrected chi connectivity index (χ3v) is 3.95. The van der Waals surface area contributed by atoms with Crippen molar-refractivity contribution in [1.29, 1.82) is 0 Å². The van der Waals surface area contributed by atoms with Gasteiger partial charge in [-0.25, -0.2) is 0 Å². The first kappa shape index (κ1) is 14.0. The molecule has 0 radical (unpaired) electrons. The van der Waals surface area contributed by atoms with Gasteiger partial charge in [0.05, 0.1) is 18.2 Å². The first-order valence-corrected chi connectivity index (χ1v) is 7.45. The highest BCUT2D eigenvalue weighted by atomic mass is 16.5. The third-order valence-electron chi connectivity index (χ3n) is 3.95. The van der Waals surface area contributed by atoms with Crippen LogP contribution < -0.4 is 4.74 Å². The van der Waals surface area contributed by atoms with Gasteiger partial charge in [0.2, 0.25) is 0 Å². The van der Waals surface area contributed by atoms with Crippen LogP contribution in [0.2, 0.25) is 0 Å². The SMILES string of the molecule is CCOc1cc2c([nH]c3ccccc32)c(C[C@@H](C)O)c1C. The Hall–Kier alpha value is -2.00. The maximum Gasteiger partial charge on any atom is 0.123 e. The predicted octanol–water partition coefficient (Wildman–Crippen LogP) is 3.95. The van der Waals surface area contributed by atoms with Crippen molar-refractivity contribution in [2.24, 2.45) is 0 Å². The number of H-pyrrole nitrogens is 1. The van der Waals surface area contributed by atoms with Crippen molar-refractivity contribution in [1.82, 2.24) is 4.98 Å². The minimum absolute atomic E-state index is 0.379. The van der Waals surface area contributed by atoms with Crippen LogP contribution in [0, 0.1) is 6.92 Å². The van der Waals surface area contributed by atoms with E-state index in [2.05, 4.69) is 30.1 Å². The zero-order valence-electron chi connectivity index (χ0n) is 12.7. The van der Waals surface area contributed by atoms with Gasteiger partial charge < -0.3 is 14.8 Å². The molecule has 0 bridgehead atoms. The molecule has 0 aliphatic heterocycles. The number of hydrogen-bond donors (Lipinski definition) is 2. The van der Waals surface area contributed by atoms with Gasteiger partial charge in [-0.3, -0.25) is 0 Å².